The largest absolute Gasteiger partial charge is 0.490 e. The summed E-state index contributed by atoms with van der Waals surface area (Å²) in [6.07, 6.45) is 0. The van der Waals surface area contributed by atoms with E-state index in [-0.39, 0.29) is 5.82 Å². The lowest BCUT2D eigenvalue weighted by Crippen LogP contribution is -2.09. The van der Waals surface area contributed by atoms with Crippen LogP contribution in [0.1, 0.15) is 5.56 Å². The van der Waals surface area contributed by atoms with E-state index in [1.165, 1.54) is 6.07 Å². The summed E-state index contributed by atoms with van der Waals surface area (Å²) < 4.78 is 24.5. The highest BCUT2D eigenvalue weighted by atomic mass is 79.9. The minimum Gasteiger partial charge on any atom is -0.490 e. The first-order valence-corrected chi connectivity index (χ1v) is 6.69. The molecule has 0 aliphatic carbocycles. The van der Waals surface area contributed by atoms with Crippen LogP contribution in [0.15, 0.2) is 46.9 Å². The number of rotatable bonds is 5. The van der Waals surface area contributed by atoms with Crippen molar-refractivity contribution in [3.05, 3.63) is 58.3 Å². The van der Waals surface area contributed by atoms with Crippen LogP contribution in [0.3, 0.4) is 0 Å². The molecular formula is C15H11BrFNO2. The highest BCUT2D eigenvalue weighted by Gasteiger charge is 2.01. The zero-order valence-electron chi connectivity index (χ0n) is 10.5. The van der Waals surface area contributed by atoms with E-state index in [2.05, 4.69) is 15.9 Å². The second-order valence-corrected chi connectivity index (χ2v) is 4.76. The Labute approximate surface area is 124 Å². The van der Waals surface area contributed by atoms with Crippen LogP contribution in [0.25, 0.3) is 0 Å². The van der Waals surface area contributed by atoms with Gasteiger partial charge in [0.15, 0.2) is 0 Å². The van der Waals surface area contributed by atoms with Crippen molar-refractivity contribution in [2.24, 2.45) is 0 Å². The first-order chi connectivity index (χ1) is 9.69. The molecule has 102 valence electrons. The van der Waals surface area contributed by atoms with Gasteiger partial charge in [-0.2, -0.15) is 5.26 Å². The van der Waals surface area contributed by atoms with Gasteiger partial charge in [-0.1, -0.05) is 0 Å². The molecule has 0 amide bonds. The fourth-order valence-electron chi connectivity index (χ4n) is 1.51. The molecular weight excluding hydrogens is 325 g/mol. The Morgan fingerprint density at radius 3 is 2.20 bits per heavy atom. The average molecular weight is 336 g/mol. The number of hydrogen-bond donors (Lipinski definition) is 0. The maximum absolute atomic E-state index is 13.2. The van der Waals surface area contributed by atoms with Gasteiger partial charge in [0.25, 0.3) is 0 Å². The van der Waals surface area contributed by atoms with Crippen molar-refractivity contribution >= 4 is 15.9 Å². The quantitative estimate of drug-likeness (QED) is 0.778. The van der Waals surface area contributed by atoms with E-state index in [0.29, 0.717) is 34.7 Å². The minimum absolute atomic E-state index is 0.307. The van der Waals surface area contributed by atoms with Crippen LogP contribution in [-0.2, 0) is 0 Å². The van der Waals surface area contributed by atoms with Gasteiger partial charge >= 0.3 is 0 Å². The van der Waals surface area contributed by atoms with Crippen LogP contribution in [0.5, 0.6) is 11.5 Å². The Morgan fingerprint density at radius 2 is 1.60 bits per heavy atom. The van der Waals surface area contributed by atoms with Crippen LogP contribution in [0.4, 0.5) is 4.39 Å². The summed E-state index contributed by atoms with van der Waals surface area (Å²) in [6, 6.07) is 13.4. The summed E-state index contributed by atoms with van der Waals surface area (Å²) in [6.45, 7) is 0.644. The zero-order chi connectivity index (χ0) is 14.4. The Morgan fingerprint density at radius 1 is 1.00 bits per heavy atom. The van der Waals surface area contributed by atoms with Crippen LogP contribution < -0.4 is 9.47 Å². The topological polar surface area (TPSA) is 42.2 Å². The summed E-state index contributed by atoms with van der Waals surface area (Å²) in [7, 11) is 0. The molecule has 0 atom stereocenters. The first kappa shape index (κ1) is 14.4. The van der Waals surface area contributed by atoms with E-state index in [1.54, 1.807) is 36.4 Å². The van der Waals surface area contributed by atoms with Gasteiger partial charge in [0.2, 0.25) is 0 Å². The lowest BCUT2D eigenvalue weighted by atomic mass is 10.2. The maximum atomic E-state index is 13.2. The molecule has 2 aromatic rings. The normalized spacial score (nSPS) is 9.85. The fraction of sp³-hybridized carbons (Fsp3) is 0.133. The van der Waals surface area contributed by atoms with E-state index >= 15 is 0 Å². The van der Waals surface area contributed by atoms with Gasteiger partial charge in [0, 0.05) is 6.07 Å². The molecule has 0 bridgehead atoms. The smallest absolute Gasteiger partial charge is 0.141 e. The van der Waals surface area contributed by atoms with Crippen LogP contribution >= 0.6 is 15.9 Å². The Hall–Kier alpha value is -2.06. The highest BCUT2D eigenvalue weighted by Crippen LogP contribution is 2.20. The molecule has 5 heteroatoms. The molecule has 3 nitrogen and oxygen atoms in total. The maximum Gasteiger partial charge on any atom is 0.141 e. The second kappa shape index (κ2) is 6.92. The number of nitrogens with zero attached hydrogens (tertiary/aromatic N) is 1. The summed E-state index contributed by atoms with van der Waals surface area (Å²) in [5, 5.41) is 8.67. The molecule has 2 rings (SSSR count). The van der Waals surface area contributed by atoms with E-state index in [1.807, 2.05) is 6.07 Å². The Balaban J connectivity index is 1.78. The van der Waals surface area contributed by atoms with Crippen molar-refractivity contribution in [2.45, 2.75) is 0 Å². The van der Waals surface area contributed by atoms with Crippen LogP contribution in [0.2, 0.25) is 0 Å². The summed E-state index contributed by atoms with van der Waals surface area (Å²) in [5.41, 5.74) is 0.582. The molecule has 0 radical (unpaired) electrons. The number of hydrogen-bond acceptors (Lipinski definition) is 3. The fourth-order valence-corrected chi connectivity index (χ4v) is 1.76. The molecule has 0 aromatic heterocycles. The van der Waals surface area contributed by atoms with Gasteiger partial charge in [-0.25, -0.2) is 4.39 Å². The molecule has 20 heavy (non-hydrogen) atoms. The van der Waals surface area contributed by atoms with Crippen molar-refractivity contribution in [2.75, 3.05) is 13.2 Å². The predicted molar refractivity (Wildman–Crippen MR) is 76.2 cm³/mol. The summed E-state index contributed by atoms with van der Waals surface area (Å²) in [4.78, 5) is 0. The van der Waals surface area contributed by atoms with E-state index in [9.17, 15) is 4.39 Å². The SMILES string of the molecule is N#Cc1ccc(OCCOc2ccc(Br)c(F)c2)cc1. The molecule has 0 N–H and O–H groups in total. The van der Waals surface area contributed by atoms with E-state index < -0.39 is 0 Å². The third kappa shape index (κ3) is 3.97. The standard InChI is InChI=1S/C15H11BrFNO2/c16-14-6-5-13(9-15(14)17)20-8-7-19-12-3-1-11(10-18)2-4-12/h1-6,9H,7-8H2. The molecule has 0 fully saturated rings. The van der Waals surface area contributed by atoms with Crippen molar-refractivity contribution in [1.29, 1.82) is 5.26 Å². The number of halogens is 2. The highest BCUT2D eigenvalue weighted by molar-refractivity contribution is 9.10. The van der Waals surface area contributed by atoms with E-state index in [4.69, 9.17) is 14.7 Å². The molecule has 0 aliphatic heterocycles. The Bertz CT molecular complexity index is 623. The molecule has 0 unspecified atom stereocenters. The Kier molecular flexibility index (Phi) is 4.97. The van der Waals surface area contributed by atoms with Gasteiger partial charge in [0.05, 0.1) is 16.1 Å². The molecule has 0 saturated carbocycles. The molecule has 2 aromatic carbocycles. The molecule has 0 aliphatic rings. The van der Waals surface area contributed by atoms with Gasteiger partial charge in [0.1, 0.15) is 30.5 Å². The summed E-state index contributed by atoms with van der Waals surface area (Å²) in [5.74, 6) is 0.749. The lowest BCUT2D eigenvalue weighted by Gasteiger charge is -2.08. The summed E-state index contributed by atoms with van der Waals surface area (Å²) >= 11 is 3.08. The van der Waals surface area contributed by atoms with Crippen molar-refractivity contribution < 1.29 is 13.9 Å². The van der Waals surface area contributed by atoms with Crippen molar-refractivity contribution in [3.8, 4) is 17.6 Å². The zero-order valence-corrected chi connectivity index (χ0v) is 12.1. The monoisotopic (exact) mass is 335 g/mol. The second-order valence-electron chi connectivity index (χ2n) is 3.91. The average Bonchev–Trinajstić information content (AvgIpc) is 2.48. The van der Waals surface area contributed by atoms with Gasteiger partial charge in [-0.3, -0.25) is 0 Å². The predicted octanol–water partition coefficient (Wildman–Crippen LogP) is 3.92. The van der Waals surface area contributed by atoms with Crippen molar-refractivity contribution in [1.82, 2.24) is 0 Å². The molecule has 0 saturated heterocycles. The van der Waals surface area contributed by atoms with Gasteiger partial charge in [-0.05, 0) is 52.3 Å². The number of benzene rings is 2. The van der Waals surface area contributed by atoms with E-state index in [0.717, 1.165) is 0 Å². The third-order valence-corrected chi connectivity index (χ3v) is 3.14. The van der Waals surface area contributed by atoms with Crippen LogP contribution in [-0.4, -0.2) is 13.2 Å². The van der Waals surface area contributed by atoms with Gasteiger partial charge in [-0.15, -0.1) is 0 Å². The molecule has 0 spiro atoms. The molecule has 0 heterocycles. The van der Waals surface area contributed by atoms with Gasteiger partial charge < -0.3 is 9.47 Å². The van der Waals surface area contributed by atoms with Crippen molar-refractivity contribution in [3.63, 3.8) is 0 Å². The number of ether oxygens (including phenoxy) is 2. The third-order valence-electron chi connectivity index (χ3n) is 2.50. The number of nitriles is 1. The first-order valence-electron chi connectivity index (χ1n) is 5.90. The lowest BCUT2D eigenvalue weighted by molar-refractivity contribution is 0.216. The minimum atomic E-state index is -0.365. The van der Waals surface area contributed by atoms with Crippen LogP contribution in [0, 0.1) is 17.1 Å².